The van der Waals surface area contributed by atoms with Gasteiger partial charge >= 0.3 is 12.1 Å². The van der Waals surface area contributed by atoms with Crippen molar-refractivity contribution in [3.8, 4) is 0 Å². The molecule has 2 unspecified atom stereocenters. The molecule has 1 saturated carbocycles. The maximum Gasteiger partial charge on any atom is 0.412 e. The summed E-state index contributed by atoms with van der Waals surface area (Å²) in [5.74, 6) is -1.36. The van der Waals surface area contributed by atoms with Crippen LogP contribution in [0.3, 0.4) is 0 Å². The Morgan fingerprint density at radius 3 is 2.57 bits per heavy atom. The van der Waals surface area contributed by atoms with Crippen molar-refractivity contribution < 1.29 is 19.4 Å². The lowest BCUT2D eigenvalue weighted by Crippen LogP contribution is -2.27. The molecule has 1 aromatic carbocycles. The quantitative estimate of drug-likeness (QED) is 0.888. The second kappa shape index (κ2) is 5.56. The molecule has 0 aliphatic heterocycles. The first-order valence-corrected chi connectivity index (χ1v) is 7.07. The smallest absolute Gasteiger partial charge is 0.412 e. The second-order valence-electron chi connectivity index (χ2n) is 6.15. The van der Waals surface area contributed by atoms with Gasteiger partial charge in [-0.2, -0.15) is 0 Å². The minimum Gasteiger partial charge on any atom is -0.481 e. The molecule has 2 atom stereocenters. The summed E-state index contributed by atoms with van der Waals surface area (Å²) in [5, 5.41) is 12.2. The van der Waals surface area contributed by atoms with Crippen LogP contribution in [-0.2, 0) is 9.53 Å². The van der Waals surface area contributed by atoms with Crippen molar-refractivity contribution in [3.05, 3.63) is 28.8 Å². The Hall–Kier alpha value is -1.75. The maximum atomic E-state index is 11.8. The predicted molar refractivity (Wildman–Crippen MR) is 79.8 cm³/mol. The Kier molecular flexibility index (Phi) is 4.14. The van der Waals surface area contributed by atoms with Crippen LogP contribution in [0.4, 0.5) is 10.5 Å². The lowest BCUT2D eigenvalue weighted by molar-refractivity contribution is -0.138. The molecular weight excluding hydrogens is 294 g/mol. The van der Waals surface area contributed by atoms with Gasteiger partial charge in [0.05, 0.1) is 5.92 Å². The summed E-state index contributed by atoms with van der Waals surface area (Å²) < 4.78 is 5.20. The van der Waals surface area contributed by atoms with E-state index in [-0.39, 0.29) is 5.92 Å². The van der Waals surface area contributed by atoms with Gasteiger partial charge in [-0.3, -0.25) is 10.1 Å². The lowest BCUT2D eigenvalue weighted by Gasteiger charge is -2.20. The van der Waals surface area contributed by atoms with Gasteiger partial charge in [0.2, 0.25) is 0 Å². The highest BCUT2D eigenvalue weighted by Crippen LogP contribution is 2.50. The molecule has 1 amide bonds. The van der Waals surface area contributed by atoms with Gasteiger partial charge in [-0.1, -0.05) is 11.6 Å². The summed E-state index contributed by atoms with van der Waals surface area (Å²) in [5.41, 5.74) is 0.683. The number of nitrogens with one attached hydrogen (secondary N) is 1. The highest BCUT2D eigenvalue weighted by Gasteiger charge is 2.45. The first kappa shape index (κ1) is 15.6. The van der Waals surface area contributed by atoms with Gasteiger partial charge in [-0.05, 0) is 51.0 Å². The molecule has 1 fully saturated rings. The molecule has 6 heteroatoms. The summed E-state index contributed by atoms with van der Waals surface area (Å²) in [4.78, 5) is 22.8. The summed E-state index contributed by atoms with van der Waals surface area (Å²) in [7, 11) is 0. The number of aliphatic carboxylic acids is 1. The first-order valence-electron chi connectivity index (χ1n) is 6.69. The Labute approximate surface area is 128 Å². The van der Waals surface area contributed by atoms with Crippen LogP contribution in [0.15, 0.2) is 18.2 Å². The molecule has 114 valence electrons. The second-order valence-corrected chi connectivity index (χ2v) is 6.58. The minimum atomic E-state index is -0.830. The first-order chi connectivity index (χ1) is 9.67. The molecule has 0 saturated heterocycles. The van der Waals surface area contributed by atoms with Gasteiger partial charge < -0.3 is 9.84 Å². The van der Waals surface area contributed by atoms with E-state index in [1.165, 1.54) is 0 Å². The van der Waals surface area contributed by atoms with E-state index in [0.717, 1.165) is 5.56 Å². The highest BCUT2D eigenvalue weighted by atomic mass is 35.5. The van der Waals surface area contributed by atoms with Gasteiger partial charge in [-0.25, -0.2) is 4.79 Å². The molecule has 21 heavy (non-hydrogen) atoms. The van der Waals surface area contributed by atoms with E-state index in [1.54, 1.807) is 39.0 Å². The number of rotatable bonds is 3. The molecule has 5 nitrogen and oxygen atoms in total. The number of halogens is 1. The zero-order chi connectivity index (χ0) is 15.8. The van der Waals surface area contributed by atoms with E-state index in [1.807, 2.05) is 0 Å². The van der Waals surface area contributed by atoms with Crippen molar-refractivity contribution in [2.75, 3.05) is 5.32 Å². The number of hydrogen-bond donors (Lipinski definition) is 2. The number of benzene rings is 1. The third-order valence-electron chi connectivity index (χ3n) is 3.16. The number of carboxylic acid groups (broad SMARTS) is 1. The topological polar surface area (TPSA) is 75.6 Å². The average Bonchev–Trinajstić information content (AvgIpc) is 3.09. The monoisotopic (exact) mass is 311 g/mol. The van der Waals surface area contributed by atoms with Crippen LogP contribution in [0.5, 0.6) is 0 Å². The summed E-state index contributed by atoms with van der Waals surface area (Å²) in [6, 6.07) is 5.01. The van der Waals surface area contributed by atoms with E-state index in [0.29, 0.717) is 17.1 Å². The molecule has 0 heterocycles. The van der Waals surface area contributed by atoms with Crippen LogP contribution in [0, 0.1) is 5.92 Å². The van der Waals surface area contributed by atoms with Crippen molar-refractivity contribution in [3.63, 3.8) is 0 Å². The Morgan fingerprint density at radius 2 is 2.05 bits per heavy atom. The molecule has 0 radical (unpaired) electrons. The summed E-state index contributed by atoms with van der Waals surface area (Å²) in [6.07, 6.45) is -0.0165. The number of hydrogen-bond acceptors (Lipinski definition) is 3. The van der Waals surface area contributed by atoms with Crippen molar-refractivity contribution in [1.29, 1.82) is 0 Å². The number of carboxylic acids is 1. The van der Waals surface area contributed by atoms with Crippen molar-refractivity contribution in [2.24, 2.45) is 5.92 Å². The number of carbonyl (C=O) groups excluding carboxylic acids is 1. The fourth-order valence-corrected chi connectivity index (χ4v) is 2.36. The normalized spacial score (nSPS) is 20.8. The minimum absolute atomic E-state index is 0.119. The van der Waals surface area contributed by atoms with Crippen molar-refractivity contribution >= 4 is 29.4 Å². The van der Waals surface area contributed by atoms with Crippen LogP contribution >= 0.6 is 11.6 Å². The van der Waals surface area contributed by atoms with Gasteiger partial charge in [-0.15, -0.1) is 0 Å². The van der Waals surface area contributed by atoms with Gasteiger partial charge in [0.1, 0.15) is 5.60 Å². The van der Waals surface area contributed by atoms with Crippen LogP contribution in [0.2, 0.25) is 5.02 Å². The van der Waals surface area contributed by atoms with Crippen LogP contribution in [0.25, 0.3) is 0 Å². The fraction of sp³-hybridized carbons (Fsp3) is 0.467. The Balaban J connectivity index is 2.17. The highest BCUT2D eigenvalue weighted by molar-refractivity contribution is 6.30. The molecule has 2 N–H and O–H groups in total. The number of ether oxygens (including phenoxy) is 1. The fourth-order valence-electron chi connectivity index (χ4n) is 2.18. The third-order valence-corrected chi connectivity index (χ3v) is 3.39. The van der Waals surface area contributed by atoms with E-state index >= 15 is 0 Å². The van der Waals surface area contributed by atoms with Gasteiger partial charge in [0.25, 0.3) is 0 Å². The summed E-state index contributed by atoms with van der Waals surface area (Å²) >= 11 is 5.97. The van der Waals surface area contributed by atoms with E-state index in [2.05, 4.69) is 5.32 Å². The molecule has 0 spiro atoms. The van der Waals surface area contributed by atoms with E-state index in [9.17, 15) is 9.59 Å². The number of anilines is 1. The Bertz CT molecular complexity index is 580. The molecular formula is C15H18ClNO4. The number of amides is 1. The Morgan fingerprint density at radius 1 is 1.38 bits per heavy atom. The largest absolute Gasteiger partial charge is 0.481 e. The van der Waals surface area contributed by atoms with Crippen LogP contribution < -0.4 is 5.32 Å². The zero-order valence-electron chi connectivity index (χ0n) is 12.1. The molecule has 0 bridgehead atoms. The SMILES string of the molecule is CC(C)(C)OC(=O)Nc1ccc(Cl)cc1C1CC1C(=O)O. The lowest BCUT2D eigenvalue weighted by atomic mass is 10.1. The molecule has 1 aliphatic carbocycles. The number of carbonyl (C=O) groups is 2. The van der Waals surface area contributed by atoms with E-state index < -0.39 is 23.6 Å². The van der Waals surface area contributed by atoms with Crippen molar-refractivity contribution in [1.82, 2.24) is 0 Å². The van der Waals surface area contributed by atoms with E-state index in [4.69, 9.17) is 21.4 Å². The maximum absolute atomic E-state index is 11.8. The van der Waals surface area contributed by atoms with Crippen LogP contribution in [-0.4, -0.2) is 22.8 Å². The standard InChI is InChI=1S/C15H18ClNO4/c1-15(2,3)21-14(20)17-12-5-4-8(16)6-10(12)9-7-11(9)13(18)19/h4-6,9,11H,7H2,1-3H3,(H,17,20)(H,18,19). The molecule has 1 aliphatic rings. The van der Waals surface area contributed by atoms with Gasteiger partial charge in [0, 0.05) is 16.6 Å². The molecule has 0 aromatic heterocycles. The zero-order valence-corrected chi connectivity index (χ0v) is 12.9. The molecule has 1 aromatic rings. The van der Waals surface area contributed by atoms with Crippen molar-refractivity contribution in [2.45, 2.75) is 38.7 Å². The average molecular weight is 312 g/mol. The summed E-state index contributed by atoms with van der Waals surface area (Å²) in [6.45, 7) is 5.32. The third kappa shape index (κ3) is 4.11. The van der Waals surface area contributed by atoms with Crippen LogP contribution in [0.1, 0.15) is 38.7 Å². The predicted octanol–water partition coefficient (Wildman–Crippen LogP) is 3.88. The molecule has 2 rings (SSSR count). The van der Waals surface area contributed by atoms with Gasteiger partial charge in [0.15, 0.2) is 0 Å².